The molecule has 1 atom stereocenters. The molecule has 1 aliphatic heterocycles. The van der Waals surface area contributed by atoms with E-state index in [1.807, 2.05) is 29.1 Å². The molecule has 2 aliphatic rings. The van der Waals surface area contributed by atoms with Crippen LogP contribution < -0.4 is 0 Å². The summed E-state index contributed by atoms with van der Waals surface area (Å²) in [6.45, 7) is 1.58. The van der Waals surface area contributed by atoms with Gasteiger partial charge in [-0.15, -0.1) is 11.5 Å². The minimum absolute atomic E-state index is 0.232. The Morgan fingerprint density at radius 2 is 2.16 bits per heavy atom. The lowest BCUT2D eigenvalue weighted by molar-refractivity contribution is 0.00370. The predicted octanol–water partition coefficient (Wildman–Crippen LogP) is 3.26. The van der Waals surface area contributed by atoms with Crippen LogP contribution in [0.2, 0.25) is 0 Å². The van der Waals surface area contributed by atoms with Gasteiger partial charge in [0.2, 0.25) is 0 Å². The molecule has 0 N–H and O–H groups in total. The van der Waals surface area contributed by atoms with E-state index in [1.54, 1.807) is 0 Å². The summed E-state index contributed by atoms with van der Waals surface area (Å²) in [5.41, 5.74) is 3.50. The SMILES string of the molecule is C#Cc1cc(C#CC2CC2)ccc1-c1cn(CC2CCCCO2)nn1. The van der Waals surface area contributed by atoms with Gasteiger partial charge in [-0.25, -0.2) is 4.68 Å². The van der Waals surface area contributed by atoms with E-state index in [-0.39, 0.29) is 6.10 Å². The van der Waals surface area contributed by atoms with Crippen molar-refractivity contribution in [1.29, 1.82) is 0 Å². The summed E-state index contributed by atoms with van der Waals surface area (Å²) < 4.78 is 7.63. The molecule has 4 heteroatoms. The van der Waals surface area contributed by atoms with Crippen molar-refractivity contribution < 1.29 is 4.74 Å². The van der Waals surface area contributed by atoms with Gasteiger partial charge in [-0.1, -0.05) is 29.0 Å². The van der Waals surface area contributed by atoms with Gasteiger partial charge >= 0.3 is 0 Å². The van der Waals surface area contributed by atoms with Gasteiger partial charge in [0.1, 0.15) is 5.69 Å². The largest absolute Gasteiger partial charge is 0.376 e. The molecule has 1 saturated heterocycles. The minimum Gasteiger partial charge on any atom is -0.376 e. The molecule has 2 fully saturated rings. The third-order valence-corrected chi connectivity index (χ3v) is 4.65. The van der Waals surface area contributed by atoms with Crippen LogP contribution in [0.4, 0.5) is 0 Å². The van der Waals surface area contributed by atoms with Crippen LogP contribution in [0.25, 0.3) is 11.3 Å². The zero-order chi connectivity index (χ0) is 17.1. The molecule has 1 aromatic carbocycles. The standard InChI is InChI=1S/C21H21N3O/c1-2-18-13-17(9-8-16-6-7-16)10-11-20(18)21-15-24(23-22-21)14-19-5-3-4-12-25-19/h1,10-11,13,15-16,19H,3-7,12,14H2. The first-order chi connectivity index (χ1) is 12.3. The summed E-state index contributed by atoms with van der Waals surface area (Å²) in [6, 6.07) is 5.97. The molecule has 2 heterocycles. The molecule has 4 rings (SSSR count). The monoisotopic (exact) mass is 331 g/mol. The number of ether oxygens (including phenoxy) is 1. The van der Waals surface area contributed by atoms with Gasteiger partial charge in [-0.3, -0.25) is 0 Å². The number of nitrogens with zero attached hydrogens (tertiary/aromatic N) is 3. The van der Waals surface area contributed by atoms with Gasteiger partial charge < -0.3 is 4.74 Å². The van der Waals surface area contributed by atoms with Crippen LogP contribution in [0, 0.1) is 30.1 Å². The molecular weight excluding hydrogens is 310 g/mol. The molecule has 126 valence electrons. The molecule has 0 radical (unpaired) electrons. The maximum atomic E-state index is 5.77. The highest BCUT2D eigenvalue weighted by atomic mass is 16.5. The first kappa shape index (κ1) is 15.9. The Morgan fingerprint density at radius 1 is 1.24 bits per heavy atom. The summed E-state index contributed by atoms with van der Waals surface area (Å²) in [7, 11) is 0. The van der Waals surface area contributed by atoms with Gasteiger partial charge in [0.15, 0.2) is 0 Å². The molecule has 2 aromatic rings. The summed E-state index contributed by atoms with van der Waals surface area (Å²) >= 11 is 0. The predicted molar refractivity (Wildman–Crippen MR) is 96.6 cm³/mol. The van der Waals surface area contributed by atoms with Crippen molar-refractivity contribution >= 4 is 0 Å². The van der Waals surface area contributed by atoms with Crippen molar-refractivity contribution in [1.82, 2.24) is 15.0 Å². The molecule has 1 aromatic heterocycles. The van der Waals surface area contributed by atoms with Crippen LogP contribution in [-0.4, -0.2) is 27.7 Å². The Hall–Kier alpha value is -2.56. The Balaban J connectivity index is 1.53. The van der Waals surface area contributed by atoms with Crippen molar-refractivity contribution in [3.63, 3.8) is 0 Å². The first-order valence-corrected chi connectivity index (χ1v) is 8.96. The zero-order valence-electron chi connectivity index (χ0n) is 14.2. The van der Waals surface area contributed by atoms with Crippen molar-refractivity contribution in [3.05, 3.63) is 35.5 Å². The molecule has 25 heavy (non-hydrogen) atoms. The van der Waals surface area contributed by atoms with E-state index in [1.165, 1.54) is 19.3 Å². The number of rotatable bonds is 3. The Morgan fingerprint density at radius 3 is 2.92 bits per heavy atom. The van der Waals surface area contributed by atoms with E-state index in [9.17, 15) is 0 Å². The van der Waals surface area contributed by atoms with Crippen LogP contribution in [0.5, 0.6) is 0 Å². The van der Waals surface area contributed by atoms with Gasteiger partial charge in [0.25, 0.3) is 0 Å². The molecule has 1 aliphatic carbocycles. The van der Waals surface area contributed by atoms with E-state index < -0.39 is 0 Å². The summed E-state index contributed by atoms with van der Waals surface area (Å²) in [5.74, 6) is 9.82. The Bertz CT molecular complexity index is 855. The Kier molecular flexibility index (Phi) is 4.55. The van der Waals surface area contributed by atoms with Crippen molar-refractivity contribution in [3.8, 4) is 35.4 Å². The molecule has 4 nitrogen and oxygen atoms in total. The average molecular weight is 331 g/mol. The van der Waals surface area contributed by atoms with E-state index in [4.69, 9.17) is 11.2 Å². The van der Waals surface area contributed by atoms with E-state index in [0.717, 1.165) is 48.4 Å². The third kappa shape index (κ3) is 3.92. The van der Waals surface area contributed by atoms with Crippen molar-refractivity contribution in [2.24, 2.45) is 5.92 Å². The van der Waals surface area contributed by atoms with Crippen molar-refractivity contribution in [2.75, 3.05) is 6.61 Å². The molecule has 0 amide bonds. The fourth-order valence-corrected chi connectivity index (χ4v) is 3.05. The third-order valence-electron chi connectivity index (χ3n) is 4.65. The number of aromatic nitrogens is 3. The average Bonchev–Trinajstić information content (AvgIpc) is 3.38. The second-order valence-electron chi connectivity index (χ2n) is 6.76. The van der Waals surface area contributed by atoms with Gasteiger partial charge in [0, 0.05) is 29.2 Å². The van der Waals surface area contributed by atoms with Crippen LogP contribution >= 0.6 is 0 Å². The quantitative estimate of drug-likeness (QED) is 0.811. The second kappa shape index (κ2) is 7.13. The highest BCUT2D eigenvalue weighted by molar-refractivity contribution is 5.68. The Labute approximate surface area is 148 Å². The van der Waals surface area contributed by atoms with Gasteiger partial charge in [0.05, 0.1) is 18.8 Å². The first-order valence-electron chi connectivity index (χ1n) is 8.96. The lowest BCUT2D eigenvalue weighted by Crippen LogP contribution is -2.24. The highest BCUT2D eigenvalue weighted by Crippen LogP contribution is 2.28. The smallest absolute Gasteiger partial charge is 0.114 e. The molecular formula is C21H21N3O. The molecule has 1 unspecified atom stereocenters. The topological polar surface area (TPSA) is 39.9 Å². The maximum absolute atomic E-state index is 5.77. The fraction of sp³-hybridized carbons (Fsp3) is 0.429. The van der Waals surface area contributed by atoms with Crippen LogP contribution in [-0.2, 0) is 11.3 Å². The maximum Gasteiger partial charge on any atom is 0.114 e. The van der Waals surface area contributed by atoms with E-state index in [2.05, 4.69) is 28.1 Å². The zero-order valence-corrected chi connectivity index (χ0v) is 14.2. The van der Waals surface area contributed by atoms with Crippen LogP contribution in [0.1, 0.15) is 43.2 Å². The molecule has 1 saturated carbocycles. The lowest BCUT2D eigenvalue weighted by Gasteiger charge is -2.21. The normalized spacial score (nSPS) is 19.7. The summed E-state index contributed by atoms with van der Waals surface area (Å²) in [4.78, 5) is 0. The fourth-order valence-electron chi connectivity index (χ4n) is 3.05. The van der Waals surface area contributed by atoms with Gasteiger partial charge in [-0.05, 0) is 44.2 Å². The van der Waals surface area contributed by atoms with Gasteiger partial charge in [-0.2, -0.15) is 0 Å². The van der Waals surface area contributed by atoms with E-state index in [0.29, 0.717) is 5.92 Å². The minimum atomic E-state index is 0.232. The van der Waals surface area contributed by atoms with Crippen LogP contribution in [0.15, 0.2) is 24.4 Å². The molecule has 0 spiro atoms. The molecule has 0 bridgehead atoms. The summed E-state index contributed by atoms with van der Waals surface area (Å²) in [6.07, 6.45) is 13.8. The summed E-state index contributed by atoms with van der Waals surface area (Å²) in [5, 5.41) is 8.54. The second-order valence-corrected chi connectivity index (χ2v) is 6.76. The lowest BCUT2D eigenvalue weighted by atomic mass is 10.0. The number of terminal acetylenes is 1. The van der Waals surface area contributed by atoms with E-state index >= 15 is 0 Å². The number of benzene rings is 1. The number of hydrogen-bond acceptors (Lipinski definition) is 3. The number of hydrogen-bond donors (Lipinski definition) is 0. The van der Waals surface area contributed by atoms with Crippen molar-refractivity contribution in [2.45, 2.75) is 44.8 Å². The van der Waals surface area contributed by atoms with Crippen LogP contribution in [0.3, 0.4) is 0 Å². The highest BCUT2D eigenvalue weighted by Gasteiger charge is 2.18.